The van der Waals surface area contributed by atoms with Crippen molar-refractivity contribution in [3.05, 3.63) is 23.8 Å². The third kappa shape index (κ3) is 2.36. The van der Waals surface area contributed by atoms with E-state index in [2.05, 4.69) is 9.97 Å². The van der Waals surface area contributed by atoms with Crippen LogP contribution in [0, 0.1) is 0 Å². The largest absolute Gasteiger partial charge is 0.384 e. The summed E-state index contributed by atoms with van der Waals surface area (Å²) in [6.07, 6.45) is 4.61. The van der Waals surface area contributed by atoms with Crippen LogP contribution in [-0.2, 0) is 22.5 Å². The van der Waals surface area contributed by atoms with Crippen LogP contribution in [-0.4, -0.2) is 41.0 Å². The second-order valence-electron chi connectivity index (χ2n) is 3.80. The molecule has 5 heteroatoms. The van der Waals surface area contributed by atoms with Crippen LogP contribution in [0.3, 0.4) is 0 Å². The summed E-state index contributed by atoms with van der Waals surface area (Å²) in [6, 6.07) is 0. The summed E-state index contributed by atoms with van der Waals surface area (Å²) in [6.45, 7) is 1.85. The van der Waals surface area contributed by atoms with E-state index in [-0.39, 0.29) is 5.91 Å². The van der Waals surface area contributed by atoms with Crippen molar-refractivity contribution in [3.63, 3.8) is 0 Å². The van der Waals surface area contributed by atoms with Crippen molar-refractivity contribution in [2.24, 2.45) is 0 Å². The lowest BCUT2D eigenvalue weighted by Crippen LogP contribution is -2.36. The predicted octanol–water partition coefficient (Wildman–Crippen LogP) is 0.398. The van der Waals surface area contributed by atoms with Crippen LogP contribution in [0.4, 0.5) is 0 Å². The molecule has 1 amide bonds. The Bertz CT molecular complexity index is 381. The second-order valence-corrected chi connectivity index (χ2v) is 3.80. The maximum atomic E-state index is 11.8. The number of aromatic nitrogens is 2. The summed E-state index contributed by atoms with van der Waals surface area (Å²) >= 11 is 0. The van der Waals surface area contributed by atoms with Crippen LogP contribution in [0.25, 0.3) is 0 Å². The lowest BCUT2D eigenvalue weighted by Gasteiger charge is -2.27. The molecule has 0 aliphatic carbocycles. The zero-order chi connectivity index (χ0) is 11.4. The average molecular weight is 221 g/mol. The van der Waals surface area contributed by atoms with Crippen molar-refractivity contribution in [1.29, 1.82) is 0 Å². The molecule has 0 N–H and O–H groups in total. The lowest BCUT2D eigenvalue weighted by atomic mass is 10.1. The summed E-state index contributed by atoms with van der Waals surface area (Å²) in [7, 11) is 1.60. The highest BCUT2D eigenvalue weighted by Gasteiger charge is 2.20. The molecule has 2 heterocycles. The summed E-state index contributed by atoms with van der Waals surface area (Å²) in [5, 5.41) is 0. The Morgan fingerprint density at radius 2 is 2.50 bits per heavy atom. The highest BCUT2D eigenvalue weighted by atomic mass is 16.5. The molecule has 0 atom stereocenters. The average Bonchev–Trinajstić information content (AvgIpc) is 2.35. The second kappa shape index (κ2) is 5.03. The van der Waals surface area contributed by atoms with Gasteiger partial charge in [-0.05, 0) is 0 Å². The first kappa shape index (κ1) is 11.0. The molecule has 1 aromatic heterocycles. The molecule has 86 valence electrons. The fraction of sp³-hybridized carbons (Fsp3) is 0.545. The van der Waals surface area contributed by atoms with Gasteiger partial charge in [0, 0.05) is 38.4 Å². The van der Waals surface area contributed by atoms with Crippen LogP contribution in [0.1, 0.15) is 17.7 Å². The van der Waals surface area contributed by atoms with E-state index in [0.717, 1.165) is 24.2 Å². The number of carbonyl (C=O) groups is 1. The molecule has 0 spiro atoms. The molecule has 0 aromatic carbocycles. The molecule has 0 saturated carbocycles. The number of ether oxygens (including phenoxy) is 1. The highest BCUT2D eigenvalue weighted by molar-refractivity contribution is 5.76. The molecule has 1 aliphatic heterocycles. The van der Waals surface area contributed by atoms with Gasteiger partial charge in [0.05, 0.1) is 18.7 Å². The number of methoxy groups -OCH3 is 1. The quantitative estimate of drug-likeness (QED) is 0.741. The van der Waals surface area contributed by atoms with Crippen molar-refractivity contribution in [3.8, 4) is 0 Å². The molecule has 0 fully saturated rings. The van der Waals surface area contributed by atoms with Crippen molar-refractivity contribution >= 4 is 5.91 Å². The van der Waals surface area contributed by atoms with Gasteiger partial charge in [-0.25, -0.2) is 9.97 Å². The molecule has 5 nitrogen and oxygen atoms in total. The van der Waals surface area contributed by atoms with Crippen molar-refractivity contribution < 1.29 is 9.53 Å². The van der Waals surface area contributed by atoms with Gasteiger partial charge >= 0.3 is 0 Å². The van der Waals surface area contributed by atoms with E-state index in [9.17, 15) is 4.79 Å². The van der Waals surface area contributed by atoms with Crippen LogP contribution >= 0.6 is 0 Å². The smallest absolute Gasteiger partial charge is 0.225 e. The molecule has 0 unspecified atom stereocenters. The Balaban J connectivity index is 1.99. The molecule has 16 heavy (non-hydrogen) atoms. The highest BCUT2D eigenvalue weighted by Crippen LogP contribution is 2.15. The Morgan fingerprint density at radius 1 is 1.62 bits per heavy atom. The predicted molar refractivity (Wildman–Crippen MR) is 57.6 cm³/mol. The minimum Gasteiger partial charge on any atom is -0.384 e. The Hall–Kier alpha value is -1.49. The summed E-state index contributed by atoms with van der Waals surface area (Å²) in [5.74, 6) is 0.136. The van der Waals surface area contributed by atoms with Gasteiger partial charge in [0.25, 0.3) is 0 Å². The van der Waals surface area contributed by atoms with Crippen molar-refractivity contribution in [2.75, 3.05) is 20.3 Å². The number of nitrogens with zero attached hydrogens (tertiary/aromatic N) is 3. The first-order valence-corrected chi connectivity index (χ1v) is 5.35. The van der Waals surface area contributed by atoms with Crippen LogP contribution in [0.15, 0.2) is 12.5 Å². The monoisotopic (exact) mass is 221 g/mol. The topological polar surface area (TPSA) is 55.3 Å². The van der Waals surface area contributed by atoms with Crippen LogP contribution in [0.2, 0.25) is 0 Å². The van der Waals surface area contributed by atoms with E-state index in [1.54, 1.807) is 19.6 Å². The van der Waals surface area contributed by atoms with Gasteiger partial charge < -0.3 is 9.64 Å². The fourth-order valence-corrected chi connectivity index (χ4v) is 1.83. The van der Waals surface area contributed by atoms with Crippen molar-refractivity contribution in [1.82, 2.24) is 14.9 Å². The van der Waals surface area contributed by atoms with E-state index < -0.39 is 0 Å². The molecular formula is C11H15N3O2. The molecule has 2 rings (SSSR count). The minimum absolute atomic E-state index is 0.136. The van der Waals surface area contributed by atoms with E-state index >= 15 is 0 Å². The summed E-state index contributed by atoms with van der Waals surface area (Å²) in [5.41, 5.74) is 2.12. The maximum Gasteiger partial charge on any atom is 0.225 e. The number of hydrogen-bond donors (Lipinski definition) is 0. The standard InChI is InChI=1S/C11H15N3O2/c1-16-5-3-11(15)14-4-2-10-9(7-14)6-12-8-13-10/h6,8H,2-5,7H2,1H3. The molecule has 0 radical (unpaired) electrons. The summed E-state index contributed by atoms with van der Waals surface area (Å²) < 4.78 is 4.90. The van der Waals surface area contributed by atoms with Crippen LogP contribution in [0.5, 0.6) is 0 Å². The van der Waals surface area contributed by atoms with Gasteiger partial charge in [-0.1, -0.05) is 0 Å². The number of amides is 1. The van der Waals surface area contributed by atoms with E-state index in [4.69, 9.17) is 4.74 Å². The zero-order valence-corrected chi connectivity index (χ0v) is 9.35. The van der Waals surface area contributed by atoms with Gasteiger partial charge in [-0.15, -0.1) is 0 Å². The first-order chi connectivity index (χ1) is 7.81. The molecular weight excluding hydrogens is 206 g/mol. The summed E-state index contributed by atoms with van der Waals surface area (Å²) in [4.78, 5) is 21.8. The molecule has 0 bridgehead atoms. The number of carbonyl (C=O) groups excluding carboxylic acids is 1. The Kier molecular flexibility index (Phi) is 3.46. The van der Waals surface area contributed by atoms with E-state index in [0.29, 0.717) is 19.6 Å². The third-order valence-corrected chi connectivity index (χ3v) is 2.73. The fourth-order valence-electron chi connectivity index (χ4n) is 1.83. The number of fused-ring (bicyclic) bond motifs is 1. The van der Waals surface area contributed by atoms with Gasteiger partial charge in [0.1, 0.15) is 6.33 Å². The first-order valence-electron chi connectivity index (χ1n) is 5.35. The van der Waals surface area contributed by atoms with E-state index in [1.807, 2.05) is 4.90 Å². The SMILES string of the molecule is COCCC(=O)N1CCc2ncncc2C1. The Morgan fingerprint density at radius 3 is 3.31 bits per heavy atom. The number of hydrogen-bond acceptors (Lipinski definition) is 4. The zero-order valence-electron chi connectivity index (χ0n) is 9.35. The molecule has 1 aliphatic rings. The van der Waals surface area contributed by atoms with Crippen LogP contribution < -0.4 is 0 Å². The van der Waals surface area contributed by atoms with Gasteiger partial charge in [0.2, 0.25) is 5.91 Å². The van der Waals surface area contributed by atoms with Gasteiger partial charge in [0.15, 0.2) is 0 Å². The lowest BCUT2D eigenvalue weighted by molar-refractivity contribution is -0.133. The minimum atomic E-state index is 0.136. The van der Waals surface area contributed by atoms with E-state index in [1.165, 1.54) is 0 Å². The number of rotatable bonds is 3. The van der Waals surface area contributed by atoms with Gasteiger partial charge in [-0.2, -0.15) is 0 Å². The Labute approximate surface area is 94.5 Å². The maximum absolute atomic E-state index is 11.8. The van der Waals surface area contributed by atoms with Gasteiger partial charge in [-0.3, -0.25) is 4.79 Å². The molecule has 0 saturated heterocycles. The van der Waals surface area contributed by atoms with Crippen molar-refractivity contribution in [2.45, 2.75) is 19.4 Å². The molecule has 1 aromatic rings. The third-order valence-electron chi connectivity index (χ3n) is 2.73. The normalized spacial score (nSPS) is 14.7.